The van der Waals surface area contributed by atoms with E-state index in [9.17, 15) is 9.59 Å². The molecular formula is C21H20N2O2S2. The van der Waals surface area contributed by atoms with E-state index in [-0.39, 0.29) is 11.8 Å². The summed E-state index contributed by atoms with van der Waals surface area (Å²) in [7, 11) is 0. The van der Waals surface area contributed by atoms with Gasteiger partial charge in [-0.2, -0.15) is 0 Å². The fraction of sp³-hybridized carbons (Fsp3) is 0.143. The highest BCUT2D eigenvalue weighted by Gasteiger charge is 2.08. The molecule has 3 rings (SSSR count). The normalized spacial score (nSPS) is 10.4. The minimum absolute atomic E-state index is 0.0608. The molecule has 2 aromatic carbocycles. The Morgan fingerprint density at radius 3 is 2.48 bits per heavy atom. The maximum absolute atomic E-state index is 12.2. The maximum Gasteiger partial charge on any atom is 0.265 e. The first kappa shape index (κ1) is 19.2. The Bertz CT molecular complexity index is 923. The predicted octanol–water partition coefficient (Wildman–Crippen LogP) is 5.18. The van der Waals surface area contributed by atoms with Crippen LogP contribution in [-0.4, -0.2) is 17.6 Å². The van der Waals surface area contributed by atoms with Crippen LogP contribution >= 0.6 is 23.1 Å². The lowest BCUT2D eigenvalue weighted by Crippen LogP contribution is -2.15. The van der Waals surface area contributed by atoms with Gasteiger partial charge in [-0.15, -0.1) is 23.1 Å². The average molecular weight is 397 g/mol. The van der Waals surface area contributed by atoms with Gasteiger partial charge < -0.3 is 10.6 Å². The summed E-state index contributed by atoms with van der Waals surface area (Å²) in [6, 6.07) is 19.1. The van der Waals surface area contributed by atoms with Crippen LogP contribution in [0.2, 0.25) is 0 Å². The molecular weight excluding hydrogens is 376 g/mol. The van der Waals surface area contributed by atoms with Gasteiger partial charge in [0.2, 0.25) is 5.91 Å². The van der Waals surface area contributed by atoms with Gasteiger partial charge in [-0.3, -0.25) is 9.59 Å². The fourth-order valence-electron chi connectivity index (χ4n) is 2.54. The first-order valence-corrected chi connectivity index (χ1v) is 10.5. The smallest absolute Gasteiger partial charge is 0.265 e. The van der Waals surface area contributed by atoms with Crippen LogP contribution in [0.25, 0.3) is 0 Å². The van der Waals surface area contributed by atoms with Crippen molar-refractivity contribution in [1.29, 1.82) is 0 Å². The van der Waals surface area contributed by atoms with Crippen LogP contribution < -0.4 is 10.6 Å². The molecule has 0 fully saturated rings. The molecule has 27 heavy (non-hydrogen) atoms. The molecule has 2 N–H and O–H groups in total. The SMILES string of the molecule is Cc1cccc(CSCC(=O)Nc2cccc(NC(=O)c3cccs3)c2)c1. The van der Waals surface area contributed by atoms with Crippen LogP contribution in [0.5, 0.6) is 0 Å². The number of benzene rings is 2. The molecule has 138 valence electrons. The number of thioether (sulfide) groups is 1. The van der Waals surface area contributed by atoms with Gasteiger partial charge in [0, 0.05) is 17.1 Å². The Labute approximate surface area is 167 Å². The third-order valence-corrected chi connectivity index (χ3v) is 5.61. The van der Waals surface area contributed by atoms with Crippen molar-refractivity contribution in [1.82, 2.24) is 0 Å². The van der Waals surface area contributed by atoms with Crippen molar-refractivity contribution < 1.29 is 9.59 Å². The van der Waals surface area contributed by atoms with Crippen molar-refractivity contribution in [3.05, 3.63) is 82.0 Å². The van der Waals surface area contributed by atoms with E-state index >= 15 is 0 Å². The highest BCUT2D eigenvalue weighted by Crippen LogP contribution is 2.19. The van der Waals surface area contributed by atoms with Crippen molar-refractivity contribution in [2.75, 3.05) is 16.4 Å². The number of nitrogens with one attached hydrogen (secondary N) is 2. The number of carbonyl (C=O) groups excluding carboxylic acids is 2. The lowest BCUT2D eigenvalue weighted by molar-refractivity contribution is -0.113. The van der Waals surface area contributed by atoms with Crippen LogP contribution in [0, 0.1) is 6.92 Å². The van der Waals surface area contributed by atoms with E-state index in [1.54, 1.807) is 36.0 Å². The van der Waals surface area contributed by atoms with Gasteiger partial charge in [0.05, 0.1) is 10.6 Å². The van der Waals surface area contributed by atoms with Gasteiger partial charge in [0.1, 0.15) is 0 Å². The highest BCUT2D eigenvalue weighted by atomic mass is 32.2. The van der Waals surface area contributed by atoms with Gasteiger partial charge in [0.15, 0.2) is 0 Å². The van der Waals surface area contributed by atoms with Gasteiger partial charge >= 0.3 is 0 Å². The molecule has 4 nitrogen and oxygen atoms in total. The Morgan fingerprint density at radius 2 is 1.74 bits per heavy atom. The molecule has 0 bridgehead atoms. The monoisotopic (exact) mass is 396 g/mol. The fourth-order valence-corrected chi connectivity index (χ4v) is 3.93. The summed E-state index contributed by atoms with van der Waals surface area (Å²) in [5.41, 5.74) is 3.75. The predicted molar refractivity (Wildman–Crippen MR) is 115 cm³/mol. The van der Waals surface area contributed by atoms with Crippen LogP contribution in [0.3, 0.4) is 0 Å². The summed E-state index contributed by atoms with van der Waals surface area (Å²) < 4.78 is 0. The number of thiophene rings is 1. The van der Waals surface area contributed by atoms with E-state index in [0.29, 0.717) is 22.0 Å². The second kappa shape index (κ2) is 9.39. The van der Waals surface area contributed by atoms with Gasteiger partial charge in [0.25, 0.3) is 5.91 Å². The zero-order chi connectivity index (χ0) is 19.1. The number of anilines is 2. The van der Waals surface area contributed by atoms with E-state index in [2.05, 4.69) is 35.8 Å². The Kier molecular flexibility index (Phi) is 6.68. The maximum atomic E-state index is 12.2. The zero-order valence-electron chi connectivity index (χ0n) is 14.9. The minimum atomic E-state index is -0.151. The minimum Gasteiger partial charge on any atom is -0.325 e. The topological polar surface area (TPSA) is 58.2 Å². The molecule has 0 aliphatic carbocycles. The first-order valence-electron chi connectivity index (χ1n) is 8.48. The molecule has 0 saturated carbocycles. The lowest BCUT2D eigenvalue weighted by atomic mass is 10.2. The molecule has 1 aromatic heterocycles. The van der Waals surface area contributed by atoms with E-state index in [4.69, 9.17) is 0 Å². The third-order valence-electron chi connectivity index (χ3n) is 3.73. The van der Waals surface area contributed by atoms with Crippen molar-refractivity contribution >= 4 is 46.3 Å². The van der Waals surface area contributed by atoms with Gasteiger partial charge in [-0.05, 0) is 42.1 Å². The Hall–Kier alpha value is -2.57. The Balaban J connectivity index is 1.49. The number of amides is 2. The molecule has 2 amide bonds. The molecule has 3 aromatic rings. The molecule has 0 aliphatic rings. The molecule has 1 heterocycles. The second-order valence-corrected chi connectivity index (χ2v) is 7.98. The summed E-state index contributed by atoms with van der Waals surface area (Å²) in [6.45, 7) is 2.06. The lowest BCUT2D eigenvalue weighted by Gasteiger charge is -2.08. The first-order chi connectivity index (χ1) is 13.1. The van der Waals surface area contributed by atoms with Crippen molar-refractivity contribution in [2.45, 2.75) is 12.7 Å². The number of carbonyl (C=O) groups is 2. The van der Waals surface area contributed by atoms with Crippen molar-refractivity contribution in [3.63, 3.8) is 0 Å². The summed E-state index contributed by atoms with van der Waals surface area (Å²) in [5.74, 6) is 0.961. The third kappa shape index (κ3) is 5.98. The number of aryl methyl sites for hydroxylation is 1. The largest absolute Gasteiger partial charge is 0.325 e. The van der Waals surface area contributed by atoms with E-state index in [1.807, 2.05) is 23.6 Å². The molecule has 0 aliphatic heterocycles. The van der Waals surface area contributed by atoms with Gasteiger partial charge in [-0.1, -0.05) is 42.0 Å². The molecule has 0 spiro atoms. The summed E-state index contributed by atoms with van der Waals surface area (Å²) in [4.78, 5) is 24.9. The number of rotatable bonds is 7. The average Bonchev–Trinajstić information content (AvgIpc) is 3.17. The van der Waals surface area contributed by atoms with Crippen molar-refractivity contribution in [2.24, 2.45) is 0 Å². The van der Waals surface area contributed by atoms with Crippen LogP contribution in [-0.2, 0) is 10.5 Å². The summed E-state index contributed by atoms with van der Waals surface area (Å²) in [6.07, 6.45) is 0. The number of hydrogen-bond acceptors (Lipinski definition) is 4. The van der Waals surface area contributed by atoms with Crippen LogP contribution in [0.4, 0.5) is 11.4 Å². The molecule has 0 saturated heterocycles. The number of hydrogen-bond donors (Lipinski definition) is 2. The van der Waals surface area contributed by atoms with E-state index < -0.39 is 0 Å². The standard InChI is InChI=1S/C21H20N2O2S2/c1-15-5-2-6-16(11-15)13-26-14-20(24)22-17-7-3-8-18(12-17)23-21(25)19-9-4-10-27-19/h2-12H,13-14H2,1H3,(H,22,24)(H,23,25). The molecule has 0 unspecified atom stereocenters. The highest BCUT2D eigenvalue weighted by molar-refractivity contribution is 7.99. The van der Waals surface area contributed by atoms with Crippen LogP contribution in [0.1, 0.15) is 20.8 Å². The second-order valence-electron chi connectivity index (χ2n) is 6.04. The Morgan fingerprint density at radius 1 is 0.963 bits per heavy atom. The summed E-state index contributed by atoms with van der Waals surface area (Å²) in [5, 5.41) is 7.58. The van der Waals surface area contributed by atoms with Gasteiger partial charge in [-0.25, -0.2) is 0 Å². The zero-order valence-corrected chi connectivity index (χ0v) is 16.5. The van der Waals surface area contributed by atoms with Crippen LogP contribution in [0.15, 0.2) is 66.0 Å². The molecule has 6 heteroatoms. The molecule has 0 radical (unpaired) electrons. The van der Waals surface area contributed by atoms with Crippen molar-refractivity contribution in [3.8, 4) is 0 Å². The summed E-state index contributed by atoms with van der Waals surface area (Å²) >= 11 is 2.96. The van der Waals surface area contributed by atoms with E-state index in [1.165, 1.54) is 22.5 Å². The van der Waals surface area contributed by atoms with E-state index in [0.717, 1.165) is 5.75 Å². The quantitative estimate of drug-likeness (QED) is 0.578. The molecule has 0 atom stereocenters.